The van der Waals surface area contributed by atoms with E-state index in [1.54, 1.807) is 53.9 Å². The van der Waals surface area contributed by atoms with Crippen LogP contribution in [0.2, 0.25) is 0 Å². The summed E-state index contributed by atoms with van der Waals surface area (Å²) >= 11 is 3.39. The SMILES string of the molecule is CSCCNC(=O)c1cccc(-n2ncc3c2C=C2CC[C@@H]4[C@H]([C@@H](O)C[C@@]5(C)[C@H]4CC[C@]5(O)C(=O)O)[C@@]2(C)C3)c1.CSCCNC(=O)c1cccc(NN)c1.C[C@]12CC(C=O)C(=O)C=C1CC[C@@H]1[C@@H]2[C@@H](O)C[C@@]2(C)[C@H]1CC[C@]2(O)C(=O)O. The number of aliphatic carboxylic acids is 2. The van der Waals surface area contributed by atoms with E-state index in [1.165, 1.54) is 5.57 Å². The number of ketones is 1. The minimum atomic E-state index is -1.81. The first-order valence-corrected chi connectivity index (χ1v) is 31.7. The Morgan fingerprint density at radius 2 is 1.24 bits per heavy atom. The fourth-order valence-electron chi connectivity index (χ4n) is 17.3. The molecule has 11 rings (SSSR count). The Labute approximate surface area is 488 Å². The van der Waals surface area contributed by atoms with Crippen LogP contribution in [0.25, 0.3) is 11.8 Å². The molecule has 2 aromatic carbocycles. The Hall–Kier alpha value is -5.35. The van der Waals surface area contributed by atoms with Gasteiger partial charge in [-0.25, -0.2) is 14.3 Å². The number of thioether (sulfide) groups is 2. The second-order valence-electron chi connectivity index (χ2n) is 25.4. The number of benzene rings is 2. The Bertz CT molecular complexity index is 3040. The van der Waals surface area contributed by atoms with Gasteiger partial charge in [-0.05, 0) is 190 Å². The van der Waals surface area contributed by atoms with Crippen molar-refractivity contribution in [2.45, 2.75) is 128 Å². The molecule has 0 spiro atoms. The molecular weight excluding hydrogens is 1080 g/mol. The lowest BCUT2D eigenvalue weighted by molar-refractivity contribution is -0.195. The van der Waals surface area contributed by atoms with E-state index < -0.39 is 57.5 Å². The zero-order chi connectivity index (χ0) is 59.3. The maximum atomic E-state index is 12.7. The number of nitrogens with zero attached hydrogens (tertiary/aromatic N) is 2. The smallest absolute Gasteiger partial charge is 0.336 e. The lowest BCUT2D eigenvalue weighted by Gasteiger charge is -2.60. The molecule has 18 nitrogen and oxygen atoms in total. The number of hydrogen-bond acceptors (Lipinski definition) is 15. The molecule has 82 heavy (non-hydrogen) atoms. The van der Waals surface area contributed by atoms with Crippen LogP contribution in [0.15, 0.2) is 72.0 Å². The molecular formula is C62H82N6O12S2. The maximum Gasteiger partial charge on any atom is 0.336 e. The summed E-state index contributed by atoms with van der Waals surface area (Å²) in [4.78, 5) is 71.9. The number of carbonyl (C=O) groups excluding carboxylic acids is 4. The molecule has 0 bridgehead atoms. The number of hydrogen-bond donors (Lipinski definition) is 10. The van der Waals surface area contributed by atoms with Crippen LogP contribution in [0.1, 0.15) is 130 Å². The number of hydrazine groups is 1. The van der Waals surface area contributed by atoms with Gasteiger partial charge >= 0.3 is 11.9 Å². The molecule has 0 aliphatic heterocycles. The fourth-order valence-corrected chi connectivity index (χ4v) is 17.9. The molecule has 1 heterocycles. The number of amides is 2. The molecule has 1 aromatic heterocycles. The highest BCUT2D eigenvalue weighted by Gasteiger charge is 2.71. The number of carboxylic acid groups (broad SMARTS) is 2. The zero-order valence-electron chi connectivity index (χ0n) is 47.9. The largest absolute Gasteiger partial charge is 0.479 e. The molecule has 444 valence electrons. The van der Waals surface area contributed by atoms with Crippen molar-refractivity contribution >= 4 is 71.1 Å². The highest BCUT2D eigenvalue weighted by molar-refractivity contribution is 7.98. The third-order valence-electron chi connectivity index (χ3n) is 21.4. The third kappa shape index (κ3) is 10.4. The molecule has 6 fully saturated rings. The lowest BCUT2D eigenvalue weighted by atomic mass is 9.45. The molecule has 0 radical (unpaired) electrons. The van der Waals surface area contributed by atoms with E-state index in [1.807, 2.05) is 68.4 Å². The number of anilines is 1. The van der Waals surface area contributed by atoms with Crippen molar-refractivity contribution in [3.63, 3.8) is 0 Å². The van der Waals surface area contributed by atoms with Crippen LogP contribution in [-0.2, 0) is 25.6 Å². The van der Waals surface area contributed by atoms with E-state index >= 15 is 0 Å². The first-order chi connectivity index (χ1) is 38.9. The third-order valence-corrected chi connectivity index (χ3v) is 22.7. The Balaban J connectivity index is 0.000000166. The quantitative estimate of drug-likeness (QED) is 0.0279. The van der Waals surface area contributed by atoms with Crippen molar-refractivity contribution in [2.75, 3.05) is 42.5 Å². The summed E-state index contributed by atoms with van der Waals surface area (Å²) in [6.45, 7) is 9.29. The number of fused-ring (bicyclic) bond motifs is 11. The van der Waals surface area contributed by atoms with Gasteiger partial charge in [-0.3, -0.25) is 20.2 Å². The lowest BCUT2D eigenvalue weighted by Crippen LogP contribution is -2.62. The van der Waals surface area contributed by atoms with Crippen LogP contribution in [0.5, 0.6) is 0 Å². The molecule has 20 heteroatoms. The van der Waals surface area contributed by atoms with Gasteiger partial charge in [0.25, 0.3) is 11.8 Å². The number of aliphatic hydroxyl groups excluding tert-OH is 2. The standard InChI is InChI=1S/C31H39N3O5S.C21H28O6.C10H15N3OS/c1-29-15-19-17-33-34(21-6-4-5-18(13-21)27(36)32-11-12-40-3)24(19)14-20(29)7-8-22-23-9-10-31(39,28(37)38)30(23,2)16-25(35)26(22)29;1-19-8-11(10-22)15(23)7-12(19)3-4-13-14-5-6-21(27,18(25)26)20(14,2)9-16(24)17(13)19;1-15-6-5-12-10(14)8-3-2-4-9(7-8)13-11/h4-6,13-14,17,22-23,25-26,35,39H,7-12,15-16H2,1-3H3,(H,32,36)(H,37,38);7,10-11,13-14,16-17,24,27H,3-6,8-9H2,1-2H3,(H,25,26);2-4,7,13H,5-6,11H2,1H3,(H,12,14)/t22-,23-,25-,26+,29-,30-,31-;11?,13-,14-,16-,17+,19-,20-,21-;/m00./s1. The molecule has 1 unspecified atom stereocenters. The van der Waals surface area contributed by atoms with Gasteiger partial charge in [-0.1, -0.05) is 51.0 Å². The molecule has 8 aliphatic carbocycles. The number of nitrogens with one attached hydrogen (secondary N) is 3. The van der Waals surface area contributed by atoms with Gasteiger partial charge in [0.2, 0.25) is 0 Å². The summed E-state index contributed by atoms with van der Waals surface area (Å²) in [6, 6.07) is 14.6. The van der Waals surface area contributed by atoms with Gasteiger partial charge in [0.05, 0.1) is 35.7 Å². The summed E-state index contributed by atoms with van der Waals surface area (Å²) in [6.07, 6.45) is 15.7. The van der Waals surface area contributed by atoms with E-state index in [0.29, 0.717) is 56.2 Å². The van der Waals surface area contributed by atoms with Crippen molar-refractivity contribution in [3.8, 4) is 5.69 Å². The van der Waals surface area contributed by atoms with Crippen molar-refractivity contribution in [3.05, 3.63) is 94.3 Å². The Morgan fingerprint density at radius 1 is 0.732 bits per heavy atom. The van der Waals surface area contributed by atoms with E-state index in [2.05, 4.69) is 29.1 Å². The van der Waals surface area contributed by atoms with Crippen molar-refractivity contribution in [1.29, 1.82) is 0 Å². The van der Waals surface area contributed by atoms with Crippen LogP contribution in [0, 0.1) is 63.1 Å². The molecule has 8 aliphatic rings. The Kier molecular flexibility index (Phi) is 17.6. The first-order valence-electron chi connectivity index (χ1n) is 28.9. The van der Waals surface area contributed by atoms with Crippen LogP contribution in [0.4, 0.5) is 5.69 Å². The second kappa shape index (κ2) is 23.6. The number of carboxylic acids is 2. The van der Waals surface area contributed by atoms with E-state index in [0.717, 1.165) is 71.8 Å². The summed E-state index contributed by atoms with van der Waals surface area (Å²) in [5, 5.41) is 75.1. The Morgan fingerprint density at radius 3 is 1.76 bits per heavy atom. The number of carbonyl (C=O) groups is 6. The van der Waals surface area contributed by atoms with E-state index in [-0.39, 0.29) is 77.8 Å². The van der Waals surface area contributed by atoms with Crippen molar-refractivity contribution in [1.82, 2.24) is 20.4 Å². The van der Waals surface area contributed by atoms with Crippen LogP contribution in [0.3, 0.4) is 0 Å². The minimum absolute atomic E-state index is 0.00784. The van der Waals surface area contributed by atoms with Crippen molar-refractivity contribution < 1.29 is 59.4 Å². The average molecular weight is 1170 g/mol. The number of rotatable bonds is 13. The number of aromatic nitrogens is 2. The number of nitrogen functional groups attached to an aromatic ring is 1. The highest BCUT2D eigenvalue weighted by atomic mass is 32.2. The topological polar surface area (TPSA) is 304 Å². The minimum Gasteiger partial charge on any atom is -0.479 e. The number of allylic oxidation sites excluding steroid dienone is 2. The summed E-state index contributed by atoms with van der Waals surface area (Å²) in [5.41, 5.74) is 3.70. The molecule has 11 N–H and O–H groups in total. The van der Waals surface area contributed by atoms with E-state index in [4.69, 9.17) is 10.9 Å². The van der Waals surface area contributed by atoms with Crippen LogP contribution in [-0.4, -0.2) is 137 Å². The summed E-state index contributed by atoms with van der Waals surface area (Å²) < 4.78 is 1.91. The maximum absolute atomic E-state index is 12.7. The van der Waals surface area contributed by atoms with Gasteiger partial charge in [-0.15, -0.1) is 0 Å². The van der Waals surface area contributed by atoms with Crippen LogP contribution >= 0.6 is 23.5 Å². The zero-order valence-corrected chi connectivity index (χ0v) is 49.5. The molecule has 15 atom stereocenters. The molecule has 6 saturated carbocycles. The van der Waals surface area contributed by atoms with E-state index in [9.17, 15) is 59.4 Å². The van der Waals surface area contributed by atoms with Gasteiger partial charge in [0.15, 0.2) is 17.0 Å². The van der Waals surface area contributed by atoms with Gasteiger partial charge in [0, 0.05) is 52.2 Å². The van der Waals surface area contributed by atoms with Crippen LogP contribution < -0.4 is 21.9 Å². The summed E-state index contributed by atoms with van der Waals surface area (Å²) in [7, 11) is 0. The second-order valence-corrected chi connectivity index (χ2v) is 27.4. The first kappa shape index (κ1) is 61.2. The molecule has 3 aromatic rings. The number of aldehydes is 1. The average Bonchev–Trinajstić information content (AvgIpc) is 1.86. The molecule has 2 amide bonds. The predicted octanol–water partition coefficient (Wildman–Crippen LogP) is 6.73. The van der Waals surface area contributed by atoms with Gasteiger partial charge in [-0.2, -0.15) is 28.6 Å². The molecule has 0 saturated heterocycles. The monoisotopic (exact) mass is 1170 g/mol. The van der Waals surface area contributed by atoms with Gasteiger partial charge < -0.3 is 51.5 Å². The fraction of sp³-hybridized carbons (Fsp3) is 0.597. The normalized spacial score (nSPS) is 36.4. The van der Waals surface area contributed by atoms with Gasteiger partial charge in [0.1, 0.15) is 6.29 Å². The number of nitrogens with two attached hydrogens (primary N) is 1. The predicted molar refractivity (Wildman–Crippen MR) is 315 cm³/mol. The van der Waals surface area contributed by atoms with Crippen molar-refractivity contribution in [2.24, 2.45) is 68.9 Å². The summed E-state index contributed by atoms with van der Waals surface area (Å²) in [5.74, 6) is 3.87. The number of aliphatic hydroxyl groups is 4. The highest BCUT2D eigenvalue weighted by Crippen LogP contribution is 2.69.